The van der Waals surface area contributed by atoms with Crippen LogP contribution in [0.25, 0.3) is 0 Å². The van der Waals surface area contributed by atoms with Crippen molar-refractivity contribution >= 4 is 5.69 Å². The van der Waals surface area contributed by atoms with E-state index in [0.717, 1.165) is 31.3 Å². The number of hydrogen-bond donors (Lipinski definition) is 1. The van der Waals surface area contributed by atoms with Crippen molar-refractivity contribution in [2.24, 2.45) is 17.6 Å². The molecule has 2 aliphatic rings. The molecule has 18 heavy (non-hydrogen) atoms. The van der Waals surface area contributed by atoms with Gasteiger partial charge >= 0.3 is 0 Å². The molecule has 3 atom stereocenters. The minimum atomic E-state index is -0.151. The van der Waals surface area contributed by atoms with E-state index in [1.54, 1.807) is 12.1 Å². The Kier molecular flexibility index (Phi) is 3.25. The van der Waals surface area contributed by atoms with Crippen LogP contribution in [0, 0.1) is 17.7 Å². The van der Waals surface area contributed by atoms with Crippen LogP contribution >= 0.6 is 0 Å². The summed E-state index contributed by atoms with van der Waals surface area (Å²) in [7, 11) is 0. The molecule has 0 radical (unpaired) electrons. The summed E-state index contributed by atoms with van der Waals surface area (Å²) >= 11 is 0. The first-order valence-corrected chi connectivity index (χ1v) is 7.00. The van der Waals surface area contributed by atoms with Crippen molar-refractivity contribution in [2.45, 2.75) is 31.7 Å². The van der Waals surface area contributed by atoms with Gasteiger partial charge < -0.3 is 10.6 Å². The Labute approximate surface area is 108 Å². The van der Waals surface area contributed by atoms with Gasteiger partial charge in [0, 0.05) is 18.3 Å². The van der Waals surface area contributed by atoms with E-state index in [1.807, 2.05) is 12.1 Å². The molecule has 1 aliphatic heterocycles. The van der Waals surface area contributed by atoms with E-state index in [-0.39, 0.29) is 5.82 Å². The van der Waals surface area contributed by atoms with Gasteiger partial charge in [0.1, 0.15) is 5.82 Å². The molecule has 0 aromatic heterocycles. The quantitative estimate of drug-likeness (QED) is 0.891. The highest BCUT2D eigenvalue weighted by Gasteiger charge is 2.40. The van der Waals surface area contributed by atoms with Gasteiger partial charge in [-0.15, -0.1) is 0 Å². The maximum Gasteiger partial charge on any atom is 0.123 e. The van der Waals surface area contributed by atoms with E-state index in [4.69, 9.17) is 5.73 Å². The molecule has 3 unspecified atom stereocenters. The number of nitrogens with zero attached hydrogens (tertiary/aromatic N) is 1. The molecule has 2 nitrogen and oxygen atoms in total. The molecule has 2 N–H and O–H groups in total. The molecule has 0 spiro atoms. The molecule has 3 heteroatoms. The van der Waals surface area contributed by atoms with Crippen LogP contribution in [0.3, 0.4) is 0 Å². The lowest BCUT2D eigenvalue weighted by Gasteiger charge is -2.29. The SMILES string of the molecule is NCCC1CCC2CC1CN2c1ccc(F)cc1. The van der Waals surface area contributed by atoms with Crippen molar-refractivity contribution in [1.82, 2.24) is 0 Å². The fourth-order valence-corrected chi connectivity index (χ4v) is 3.75. The Hall–Kier alpha value is -1.09. The molecule has 1 heterocycles. The largest absolute Gasteiger partial charge is 0.368 e. The first-order chi connectivity index (χ1) is 8.78. The smallest absolute Gasteiger partial charge is 0.123 e. The van der Waals surface area contributed by atoms with Crippen molar-refractivity contribution in [1.29, 1.82) is 0 Å². The highest BCUT2D eigenvalue weighted by atomic mass is 19.1. The van der Waals surface area contributed by atoms with Gasteiger partial charge in [-0.05, 0) is 68.3 Å². The topological polar surface area (TPSA) is 29.3 Å². The summed E-state index contributed by atoms with van der Waals surface area (Å²) in [4.78, 5) is 2.47. The van der Waals surface area contributed by atoms with Crippen LogP contribution in [-0.2, 0) is 0 Å². The molecule has 2 bridgehead atoms. The monoisotopic (exact) mass is 248 g/mol. The second-order valence-corrected chi connectivity index (χ2v) is 5.69. The normalized spacial score (nSPS) is 30.8. The average molecular weight is 248 g/mol. The lowest BCUT2D eigenvalue weighted by Crippen LogP contribution is -2.28. The van der Waals surface area contributed by atoms with Gasteiger partial charge in [0.05, 0.1) is 0 Å². The summed E-state index contributed by atoms with van der Waals surface area (Å²) in [5.41, 5.74) is 6.88. The van der Waals surface area contributed by atoms with Crippen LogP contribution in [0.4, 0.5) is 10.1 Å². The first kappa shape index (κ1) is 12.0. The number of nitrogens with two attached hydrogens (primary N) is 1. The number of fused-ring (bicyclic) bond motifs is 2. The summed E-state index contributed by atoms with van der Waals surface area (Å²) in [6, 6.07) is 7.61. The predicted molar refractivity (Wildman–Crippen MR) is 72.0 cm³/mol. The third-order valence-corrected chi connectivity index (χ3v) is 4.68. The Bertz CT molecular complexity index is 403. The highest BCUT2D eigenvalue weighted by Crippen LogP contribution is 2.42. The minimum Gasteiger partial charge on any atom is -0.368 e. The Morgan fingerprint density at radius 2 is 2.00 bits per heavy atom. The number of anilines is 1. The molecular weight excluding hydrogens is 227 g/mol. The molecule has 1 aromatic carbocycles. The molecular formula is C15H21FN2. The third-order valence-electron chi connectivity index (χ3n) is 4.68. The van der Waals surface area contributed by atoms with Gasteiger partial charge in [-0.1, -0.05) is 0 Å². The molecule has 0 amide bonds. The van der Waals surface area contributed by atoms with E-state index < -0.39 is 0 Å². The Balaban J connectivity index is 1.75. The molecule has 1 aromatic rings. The van der Waals surface area contributed by atoms with Gasteiger partial charge in [-0.2, -0.15) is 0 Å². The lowest BCUT2D eigenvalue weighted by molar-refractivity contribution is 0.268. The zero-order chi connectivity index (χ0) is 12.5. The maximum absolute atomic E-state index is 13.0. The summed E-state index contributed by atoms with van der Waals surface area (Å²) in [5.74, 6) is 1.44. The second-order valence-electron chi connectivity index (χ2n) is 5.69. The van der Waals surface area contributed by atoms with E-state index in [1.165, 1.54) is 24.9 Å². The van der Waals surface area contributed by atoms with Gasteiger partial charge in [-0.25, -0.2) is 4.39 Å². The fourth-order valence-electron chi connectivity index (χ4n) is 3.75. The van der Waals surface area contributed by atoms with Gasteiger partial charge in [0.15, 0.2) is 0 Å². The van der Waals surface area contributed by atoms with Crippen molar-refractivity contribution < 1.29 is 4.39 Å². The number of hydrogen-bond acceptors (Lipinski definition) is 2. The van der Waals surface area contributed by atoms with Crippen LogP contribution < -0.4 is 10.6 Å². The standard InChI is InChI=1S/C15H21FN2/c16-13-2-5-14(6-3-13)18-10-12-9-15(18)4-1-11(12)7-8-17/h2-3,5-6,11-12,15H,1,4,7-10,17H2. The molecule has 2 fully saturated rings. The van der Waals surface area contributed by atoms with Crippen molar-refractivity contribution in [3.05, 3.63) is 30.1 Å². The molecule has 1 aliphatic carbocycles. The van der Waals surface area contributed by atoms with Crippen LogP contribution in [-0.4, -0.2) is 19.1 Å². The fraction of sp³-hybridized carbons (Fsp3) is 0.600. The third kappa shape index (κ3) is 2.12. The molecule has 1 saturated heterocycles. The summed E-state index contributed by atoms with van der Waals surface area (Å²) in [5, 5.41) is 0. The number of rotatable bonds is 3. The van der Waals surface area contributed by atoms with Crippen molar-refractivity contribution in [3.8, 4) is 0 Å². The zero-order valence-electron chi connectivity index (χ0n) is 10.7. The number of halogens is 1. The zero-order valence-corrected chi connectivity index (χ0v) is 10.7. The second kappa shape index (κ2) is 4.88. The van der Waals surface area contributed by atoms with Crippen molar-refractivity contribution in [2.75, 3.05) is 18.0 Å². The van der Waals surface area contributed by atoms with Crippen LogP contribution in [0.2, 0.25) is 0 Å². The average Bonchev–Trinajstić information content (AvgIpc) is 2.73. The van der Waals surface area contributed by atoms with Gasteiger partial charge in [0.2, 0.25) is 0 Å². The van der Waals surface area contributed by atoms with Crippen molar-refractivity contribution in [3.63, 3.8) is 0 Å². The van der Waals surface area contributed by atoms with E-state index in [0.29, 0.717) is 6.04 Å². The number of benzene rings is 1. The maximum atomic E-state index is 13.0. The highest BCUT2D eigenvalue weighted by molar-refractivity contribution is 5.49. The lowest BCUT2D eigenvalue weighted by atomic mass is 9.78. The molecule has 98 valence electrons. The first-order valence-electron chi connectivity index (χ1n) is 7.00. The Morgan fingerprint density at radius 1 is 1.22 bits per heavy atom. The summed E-state index contributed by atoms with van der Waals surface area (Å²) in [6.07, 6.45) is 5.03. The van der Waals surface area contributed by atoms with Gasteiger partial charge in [-0.3, -0.25) is 0 Å². The van der Waals surface area contributed by atoms with E-state index in [9.17, 15) is 4.39 Å². The Morgan fingerprint density at radius 3 is 2.72 bits per heavy atom. The van der Waals surface area contributed by atoms with Gasteiger partial charge in [0.25, 0.3) is 0 Å². The summed E-state index contributed by atoms with van der Waals surface area (Å²) in [6.45, 7) is 1.93. The summed E-state index contributed by atoms with van der Waals surface area (Å²) < 4.78 is 13.0. The van der Waals surface area contributed by atoms with Crippen LogP contribution in [0.5, 0.6) is 0 Å². The molecule has 3 rings (SSSR count). The van der Waals surface area contributed by atoms with Crippen LogP contribution in [0.15, 0.2) is 24.3 Å². The van der Waals surface area contributed by atoms with E-state index in [2.05, 4.69) is 4.90 Å². The van der Waals surface area contributed by atoms with Crippen LogP contribution in [0.1, 0.15) is 25.7 Å². The molecule has 1 saturated carbocycles. The predicted octanol–water partition coefficient (Wildman–Crippen LogP) is 2.78. The van der Waals surface area contributed by atoms with E-state index >= 15 is 0 Å². The minimum absolute atomic E-state index is 0.151.